The standard InChI is InChI=1S/C79H90N14O15/c1-44(2)70(86-68(96)39-83-67(95)38-82-66(94)24-25-69(97)90-40-50-14-9-10-15-54(50)72-71(87-88-93(72)45(3)4)55-16-11-12-17-59(55)90)74(99)84-47(6)73(98)85-52-22-19-48(20-23-52)42-108-78(103)92-60-34-65(63(105-8)32-57(60)76(101)91-43-79(26-27-79)35-61(91)77(92)102)107-29-13-28-106-64-33-58-56(31-62(64)104-7)75(100)89-41-51(30-53(89)37-81-58)49-21-18-46(5)80-36-49/h9-12,14-23,31-34,36,41,44-45,47,53,61,70,77,81,87-88,102H,13,24-30,35,37-40,42-43H2,1-8H3,(H,82,94)(H,83,95)(H,84,99)(H,85,98)(H,86,96)/t47-,53-,61-,70-,77?/m0/s1. The zero-order valence-electron chi connectivity index (χ0n) is 61.5. The van der Waals surface area contributed by atoms with Crippen LogP contribution in [-0.4, -0.2) is 168 Å². The van der Waals surface area contributed by atoms with E-state index in [9.17, 15) is 48.3 Å². The minimum absolute atomic E-state index is 0.0579. The third-order valence-corrected chi connectivity index (χ3v) is 20.6. The van der Waals surface area contributed by atoms with E-state index in [4.69, 9.17) is 23.7 Å². The van der Waals surface area contributed by atoms with Gasteiger partial charge in [0.25, 0.3) is 11.8 Å². The van der Waals surface area contributed by atoms with Crippen LogP contribution in [-0.2, 0) is 46.7 Å². The number of aryl methyl sites for hydroxylation is 1. The summed E-state index contributed by atoms with van der Waals surface area (Å²) < 4.78 is 29.9. The number of amides is 9. The molecule has 6 aliphatic heterocycles. The summed E-state index contributed by atoms with van der Waals surface area (Å²) in [6.45, 7) is 11.1. The number of aliphatic hydroxyl groups excluding tert-OH is 1. The number of benzene rings is 5. The van der Waals surface area contributed by atoms with Gasteiger partial charge in [-0.05, 0) is 123 Å². The van der Waals surface area contributed by atoms with Gasteiger partial charge in [0.15, 0.2) is 29.2 Å². The monoisotopic (exact) mass is 1470 g/mol. The van der Waals surface area contributed by atoms with Crippen LogP contribution in [0.1, 0.15) is 134 Å². The Bertz CT molecular complexity index is 4580. The number of methoxy groups -OCH3 is 2. The Hall–Kier alpha value is -11.7. The van der Waals surface area contributed by atoms with Crippen molar-refractivity contribution in [2.75, 3.05) is 74.0 Å². The van der Waals surface area contributed by atoms with Gasteiger partial charge >= 0.3 is 6.09 Å². The quantitative estimate of drug-likeness (QED) is 0.0258. The highest BCUT2D eigenvalue weighted by atomic mass is 16.6. The van der Waals surface area contributed by atoms with Crippen molar-refractivity contribution in [2.45, 2.75) is 136 Å². The summed E-state index contributed by atoms with van der Waals surface area (Å²) in [5, 5.41) is 30.7. The minimum atomic E-state index is -1.50. The first-order chi connectivity index (χ1) is 52.0. The molecule has 1 spiro atoms. The number of pyridine rings is 1. The SMILES string of the molecule is COc1cc2c(cc1OCCCOc1cc3c(cc1OC)C(=O)N1CC4(CC4)C[C@H]1C(O)N3C(=O)OCc1ccc(NC(=O)[C@H](C)NC(=O)[C@@H](NC(=O)CNC(=O)CNC(=O)CCC(=O)N3Cc4ccccc4C4=C(NNN4C(C)C)c4ccccc43)C(C)C)cc1)NC[C@@H]1CC(c3ccc(C)nc3)=CN1C2=O. The number of carbonyl (C=O) groups is 9. The molecule has 1 aliphatic carbocycles. The van der Waals surface area contributed by atoms with Crippen LogP contribution in [0.25, 0.3) is 17.0 Å². The number of nitrogens with one attached hydrogen (secondary N) is 8. The molecule has 13 rings (SSSR count). The molecule has 2 fully saturated rings. The van der Waals surface area contributed by atoms with E-state index >= 15 is 0 Å². The Balaban J connectivity index is 0.568. The lowest BCUT2D eigenvalue weighted by atomic mass is 9.95. The Morgan fingerprint density at radius 2 is 1.42 bits per heavy atom. The van der Waals surface area contributed by atoms with Crippen LogP contribution in [0, 0.1) is 18.3 Å². The van der Waals surface area contributed by atoms with Gasteiger partial charge in [-0.3, -0.25) is 48.3 Å². The Morgan fingerprint density at radius 1 is 0.722 bits per heavy atom. The molecular formula is C79H90N14O15. The molecule has 29 heteroatoms. The van der Waals surface area contributed by atoms with Gasteiger partial charge in [-0.2, -0.15) is 0 Å². The second-order valence-corrected chi connectivity index (χ2v) is 28.8. The molecule has 1 aromatic heterocycles. The topological polar surface area (TPSA) is 345 Å². The highest BCUT2D eigenvalue weighted by molar-refractivity contribution is 6.07. The Labute approximate surface area is 625 Å². The number of carbonyl (C=O) groups excluding carboxylic acids is 9. The molecule has 0 radical (unpaired) electrons. The normalized spacial score (nSPS) is 18.3. The van der Waals surface area contributed by atoms with Crippen molar-refractivity contribution in [3.63, 3.8) is 0 Å². The van der Waals surface area contributed by atoms with E-state index < -0.39 is 79.0 Å². The highest BCUT2D eigenvalue weighted by Crippen LogP contribution is 2.57. The summed E-state index contributed by atoms with van der Waals surface area (Å²) in [5.74, 6) is -3.29. The second-order valence-electron chi connectivity index (χ2n) is 28.8. The fourth-order valence-electron chi connectivity index (χ4n) is 14.5. The number of rotatable bonds is 25. The first-order valence-corrected chi connectivity index (χ1v) is 36.4. The van der Waals surface area contributed by atoms with Gasteiger partial charge in [0.05, 0.1) is 98.7 Å². The fraction of sp³-hybridized carbons (Fsp3) is 0.392. The minimum Gasteiger partial charge on any atom is -0.493 e. The van der Waals surface area contributed by atoms with Crippen LogP contribution in [0.2, 0.25) is 0 Å². The van der Waals surface area contributed by atoms with Gasteiger partial charge in [0.2, 0.25) is 35.4 Å². The second kappa shape index (κ2) is 31.8. The first-order valence-electron chi connectivity index (χ1n) is 36.4. The summed E-state index contributed by atoms with van der Waals surface area (Å²) in [6.07, 6.45) is 4.19. The molecule has 566 valence electrons. The molecule has 29 nitrogen and oxygen atoms in total. The maximum atomic E-state index is 14.5. The van der Waals surface area contributed by atoms with Gasteiger partial charge in [0.1, 0.15) is 18.7 Å². The van der Waals surface area contributed by atoms with Gasteiger partial charge < -0.3 is 80.8 Å². The number of ether oxygens (including phenoxy) is 5. The summed E-state index contributed by atoms with van der Waals surface area (Å²) in [7, 11) is 2.95. The zero-order chi connectivity index (χ0) is 76.2. The van der Waals surface area contributed by atoms with Crippen molar-refractivity contribution >= 4 is 93.1 Å². The third kappa shape index (κ3) is 15.9. The lowest BCUT2D eigenvalue weighted by Crippen LogP contribution is -2.55. The van der Waals surface area contributed by atoms with Crippen molar-refractivity contribution in [1.29, 1.82) is 0 Å². The molecule has 5 atom stereocenters. The van der Waals surface area contributed by atoms with Crippen LogP contribution >= 0.6 is 0 Å². The lowest BCUT2D eigenvalue weighted by molar-refractivity contribution is -0.132. The summed E-state index contributed by atoms with van der Waals surface area (Å²) in [4.78, 5) is 134. The van der Waals surface area contributed by atoms with Crippen molar-refractivity contribution in [2.24, 2.45) is 11.3 Å². The van der Waals surface area contributed by atoms with E-state index in [1.54, 1.807) is 64.9 Å². The maximum absolute atomic E-state index is 14.5. The lowest BCUT2D eigenvalue weighted by Gasteiger charge is -2.31. The number of aliphatic hydroxyl groups is 1. The Morgan fingerprint density at radius 3 is 2.12 bits per heavy atom. The molecule has 5 aromatic carbocycles. The zero-order valence-corrected chi connectivity index (χ0v) is 61.5. The first kappa shape index (κ1) is 74.5. The maximum Gasteiger partial charge on any atom is 0.416 e. The van der Waals surface area contributed by atoms with Crippen molar-refractivity contribution in [1.82, 2.24) is 52.0 Å². The van der Waals surface area contributed by atoms with Crippen molar-refractivity contribution < 1.29 is 71.9 Å². The van der Waals surface area contributed by atoms with Crippen molar-refractivity contribution in [3.8, 4) is 23.0 Å². The molecule has 9 amide bonds. The largest absolute Gasteiger partial charge is 0.493 e. The molecule has 7 heterocycles. The molecule has 7 aliphatic rings. The number of hydrogen-bond donors (Lipinski definition) is 9. The highest BCUT2D eigenvalue weighted by Gasteiger charge is 2.58. The molecule has 6 aromatic rings. The molecule has 1 unspecified atom stereocenters. The van der Waals surface area contributed by atoms with Crippen LogP contribution in [0.15, 0.2) is 122 Å². The van der Waals surface area contributed by atoms with Crippen LogP contribution in [0.3, 0.4) is 0 Å². The smallest absolute Gasteiger partial charge is 0.416 e. The summed E-state index contributed by atoms with van der Waals surface area (Å²) in [5.41, 5.74) is 16.5. The number of hydrogen-bond acceptors (Lipinski definition) is 20. The van der Waals surface area contributed by atoms with Gasteiger partial charge in [-0.25, -0.2) is 9.69 Å². The van der Waals surface area contributed by atoms with E-state index in [-0.39, 0.29) is 97.2 Å². The molecule has 0 bridgehead atoms. The average molecular weight is 1480 g/mol. The Kier molecular flexibility index (Phi) is 21.9. The average Bonchev–Trinajstić information content (AvgIpc) is 1.56. The number of anilines is 4. The number of nitrogens with zero attached hydrogens (tertiary/aromatic N) is 6. The predicted octanol–water partition coefficient (Wildman–Crippen LogP) is 7.11. The number of para-hydroxylation sites is 1. The number of aromatic nitrogens is 1. The van der Waals surface area contributed by atoms with Gasteiger partial charge in [-0.1, -0.05) is 74.5 Å². The van der Waals surface area contributed by atoms with E-state index in [0.717, 1.165) is 62.7 Å². The fourth-order valence-corrected chi connectivity index (χ4v) is 14.5. The van der Waals surface area contributed by atoms with Gasteiger partial charge in [0, 0.05) is 85.4 Å². The van der Waals surface area contributed by atoms with E-state index in [0.29, 0.717) is 72.0 Å². The van der Waals surface area contributed by atoms with Gasteiger partial charge in [-0.15, -0.1) is 5.53 Å². The summed E-state index contributed by atoms with van der Waals surface area (Å²) in [6, 6.07) is 29.3. The van der Waals surface area contributed by atoms with E-state index in [1.165, 1.54) is 33.3 Å². The number of hydrazine groups is 2. The number of fused-ring (bicyclic) bond motifs is 8. The van der Waals surface area contributed by atoms with Crippen LogP contribution in [0.4, 0.5) is 27.5 Å². The molecule has 9 N–H and O–H groups in total. The van der Waals surface area contributed by atoms with Crippen LogP contribution < -0.4 is 71.6 Å². The van der Waals surface area contributed by atoms with Crippen LogP contribution in [0.5, 0.6) is 23.0 Å². The molecule has 1 saturated carbocycles. The van der Waals surface area contributed by atoms with Crippen molar-refractivity contribution in [3.05, 3.63) is 166 Å². The molecule has 108 heavy (non-hydrogen) atoms. The van der Waals surface area contributed by atoms with E-state index in [1.807, 2.05) is 80.0 Å². The molecule has 1 saturated heterocycles. The summed E-state index contributed by atoms with van der Waals surface area (Å²) >= 11 is 0. The van der Waals surface area contributed by atoms with E-state index in [2.05, 4.69) is 66.7 Å². The third-order valence-electron chi connectivity index (χ3n) is 20.6. The predicted molar refractivity (Wildman–Crippen MR) is 400 cm³/mol. The molecular weight excluding hydrogens is 1380 g/mol.